The molecule has 2 fully saturated rings. The average molecular weight is 386 g/mol. The molecule has 1 aromatic rings. The van der Waals surface area contributed by atoms with Gasteiger partial charge in [0, 0.05) is 50.9 Å². The predicted molar refractivity (Wildman–Crippen MR) is 108 cm³/mol. The van der Waals surface area contributed by atoms with Crippen molar-refractivity contribution in [1.29, 1.82) is 0 Å². The Balaban J connectivity index is 1.59. The number of piperazine rings is 2. The maximum Gasteiger partial charge on any atom is 0.243 e. The van der Waals surface area contributed by atoms with Crippen molar-refractivity contribution < 1.29 is 14.4 Å². The average Bonchev–Trinajstić information content (AvgIpc) is 2.74. The smallest absolute Gasteiger partial charge is 0.243 e. The van der Waals surface area contributed by atoms with E-state index in [-0.39, 0.29) is 30.1 Å². The number of nitrogens with zero attached hydrogens (tertiary/aromatic N) is 3. The lowest BCUT2D eigenvalue weighted by atomic mass is 10.0. The van der Waals surface area contributed by atoms with Crippen molar-refractivity contribution in [3.63, 3.8) is 0 Å². The maximum absolute atomic E-state index is 12.9. The molecule has 1 N–H and O–H groups in total. The second kappa shape index (κ2) is 9.08. The highest BCUT2D eigenvalue weighted by atomic mass is 16.2. The van der Waals surface area contributed by atoms with E-state index in [1.165, 1.54) is 0 Å². The third-order valence-electron chi connectivity index (χ3n) is 5.77. The summed E-state index contributed by atoms with van der Waals surface area (Å²) in [6.07, 6.45) is 0.776. The molecule has 2 aliphatic rings. The molecule has 2 aliphatic heterocycles. The van der Waals surface area contributed by atoms with Crippen molar-refractivity contribution in [3.8, 4) is 0 Å². The highest BCUT2D eigenvalue weighted by Crippen LogP contribution is 2.19. The van der Waals surface area contributed by atoms with Gasteiger partial charge in [-0.1, -0.05) is 32.0 Å². The molecule has 0 spiro atoms. The molecule has 2 heterocycles. The van der Waals surface area contributed by atoms with Crippen LogP contribution in [0, 0.1) is 5.92 Å². The van der Waals surface area contributed by atoms with Crippen LogP contribution in [0.15, 0.2) is 30.3 Å². The zero-order chi connectivity index (χ0) is 20.1. The monoisotopic (exact) mass is 386 g/mol. The van der Waals surface area contributed by atoms with Gasteiger partial charge in [-0.25, -0.2) is 0 Å². The Morgan fingerprint density at radius 3 is 2.43 bits per heavy atom. The number of anilines is 1. The highest BCUT2D eigenvalue weighted by molar-refractivity contribution is 5.93. The molecule has 3 amide bonds. The van der Waals surface area contributed by atoms with Gasteiger partial charge in [-0.3, -0.25) is 14.4 Å². The molecule has 0 bridgehead atoms. The van der Waals surface area contributed by atoms with E-state index >= 15 is 0 Å². The zero-order valence-corrected chi connectivity index (χ0v) is 16.8. The second-order valence-electron chi connectivity index (χ2n) is 7.56. The Bertz CT molecular complexity index is 701. The highest BCUT2D eigenvalue weighted by Gasteiger charge is 2.37. The maximum atomic E-state index is 12.9. The summed E-state index contributed by atoms with van der Waals surface area (Å²) in [5.41, 5.74) is 1.16. The standard InChI is InChI=1S/C21H30N4O3/c1-3-16(2)21(28)25-10-9-22-20(27)18(25)15-19(26)24-13-11-23(12-14-24)17-7-5-4-6-8-17/h4-8,16,18H,3,9-15H2,1-2H3,(H,22,27)/t16-,18-/m1/s1. The number of amides is 3. The van der Waals surface area contributed by atoms with Gasteiger partial charge >= 0.3 is 0 Å². The SMILES string of the molecule is CC[C@@H](C)C(=O)N1CCNC(=O)[C@H]1CC(=O)N1CCN(c2ccccc2)CC1. The van der Waals surface area contributed by atoms with E-state index < -0.39 is 6.04 Å². The molecule has 28 heavy (non-hydrogen) atoms. The first-order chi connectivity index (χ1) is 13.5. The molecular formula is C21H30N4O3. The fourth-order valence-electron chi connectivity index (χ4n) is 3.79. The van der Waals surface area contributed by atoms with Crippen LogP contribution < -0.4 is 10.2 Å². The molecule has 0 saturated carbocycles. The van der Waals surface area contributed by atoms with Crippen molar-refractivity contribution in [2.75, 3.05) is 44.2 Å². The molecule has 1 aromatic carbocycles. The van der Waals surface area contributed by atoms with E-state index in [4.69, 9.17) is 0 Å². The van der Waals surface area contributed by atoms with Crippen LogP contribution >= 0.6 is 0 Å². The fourth-order valence-corrected chi connectivity index (χ4v) is 3.79. The van der Waals surface area contributed by atoms with Gasteiger partial charge in [-0.05, 0) is 18.6 Å². The quantitative estimate of drug-likeness (QED) is 0.823. The van der Waals surface area contributed by atoms with Gasteiger partial charge < -0.3 is 20.0 Å². The van der Waals surface area contributed by atoms with E-state index in [2.05, 4.69) is 22.3 Å². The second-order valence-corrected chi connectivity index (χ2v) is 7.56. The molecule has 2 saturated heterocycles. The number of carbonyl (C=O) groups is 3. The lowest BCUT2D eigenvalue weighted by Gasteiger charge is -2.39. The van der Waals surface area contributed by atoms with Crippen molar-refractivity contribution in [2.45, 2.75) is 32.7 Å². The van der Waals surface area contributed by atoms with Crippen LogP contribution in [0.3, 0.4) is 0 Å². The minimum absolute atomic E-state index is 0.0379. The summed E-state index contributed by atoms with van der Waals surface area (Å²) in [6, 6.07) is 9.46. The Morgan fingerprint density at radius 1 is 1.11 bits per heavy atom. The number of para-hydroxylation sites is 1. The van der Waals surface area contributed by atoms with Gasteiger partial charge in [0.05, 0.1) is 6.42 Å². The van der Waals surface area contributed by atoms with Crippen LogP contribution in [0.4, 0.5) is 5.69 Å². The van der Waals surface area contributed by atoms with E-state index in [1.807, 2.05) is 36.9 Å². The Morgan fingerprint density at radius 2 is 1.79 bits per heavy atom. The van der Waals surface area contributed by atoms with Crippen LogP contribution in [0.5, 0.6) is 0 Å². The molecule has 0 radical (unpaired) electrons. The summed E-state index contributed by atoms with van der Waals surface area (Å²) >= 11 is 0. The van der Waals surface area contributed by atoms with Crippen LogP contribution in [0.25, 0.3) is 0 Å². The van der Waals surface area contributed by atoms with Gasteiger partial charge in [0.25, 0.3) is 0 Å². The first-order valence-electron chi connectivity index (χ1n) is 10.2. The van der Waals surface area contributed by atoms with Crippen LogP contribution in [-0.4, -0.2) is 72.8 Å². The first-order valence-corrected chi connectivity index (χ1v) is 10.2. The van der Waals surface area contributed by atoms with Gasteiger partial charge in [-0.15, -0.1) is 0 Å². The van der Waals surface area contributed by atoms with E-state index in [0.29, 0.717) is 26.2 Å². The molecule has 0 aliphatic carbocycles. The minimum Gasteiger partial charge on any atom is -0.368 e. The molecule has 7 heteroatoms. The largest absolute Gasteiger partial charge is 0.368 e. The van der Waals surface area contributed by atoms with E-state index in [9.17, 15) is 14.4 Å². The summed E-state index contributed by atoms with van der Waals surface area (Å²) < 4.78 is 0. The summed E-state index contributed by atoms with van der Waals surface area (Å²) in [7, 11) is 0. The van der Waals surface area contributed by atoms with Gasteiger partial charge in [-0.2, -0.15) is 0 Å². The van der Waals surface area contributed by atoms with Gasteiger partial charge in [0.2, 0.25) is 17.7 Å². The summed E-state index contributed by atoms with van der Waals surface area (Å²) in [5.74, 6) is -0.460. The molecular weight excluding hydrogens is 356 g/mol. The number of carbonyl (C=O) groups excluding carboxylic acids is 3. The minimum atomic E-state index is -0.699. The predicted octanol–water partition coefficient (Wildman–Crippen LogP) is 1.10. The van der Waals surface area contributed by atoms with Crippen molar-refractivity contribution in [1.82, 2.24) is 15.1 Å². The van der Waals surface area contributed by atoms with Gasteiger partial charge in [0.1, 0.15) is 6.04 Å². The number of nitrogens with one attached hydrogen (secondary N) is 1. The number of hydrogen-bond donors (Lipinski definition) is 1. The van der Waals surface area contributed by atoms with Gasteiger partial charge in [0.15, 0.2) is 0 Å². The van der Waals surface area contributed by atoms with E-state index in [0.717, 1.165) is 25.2 Å². The molecule has 3 rings (SSSR count). The summed E-state index contributed by atoms with van der Waals surface area (Å²) in [5, 5.41) is 2.80. The first kappa shape index (κ1) is 20.2. The van der Waals surface area contributed by atoms with Crippen molar-refractivity contribution in [2.24, 2.45) is 5.92 Å². The molecule has 0 aromatic heterocycles. The van der Waals surface area contributed by atoms with Crippen LogP contribution in [0.1, 0.15) is 26.7 Å². The lowest BCUT2D eigenvalue weighted by Crippen LogP contribution is -2.60. The Kier molecular flexibility index (Phi) is 6.54. The third kappa shape index (κ3) is 4.46. The molecule has 7 nitrogen and oxygen atoms in total. The summed E-state index contributed by atoms with van der Waals surface area (Å²) in [4.78, 5) is 43.6. The van der Waals surface area contributed by atoms with Crippen LogP contribution in [-0.2, 0) is 14.4 Å². The number of benzene rings is 1. The normalized spacial score (nSPS) is 21.3. The van der Waals surface area contributed by atoms with Crippen molar-refractivity contribution in [3.05, 3.63) is 30.3 Å². The van der Waals surface area contributed by atoms with Crippen molar-refractivity contribution >= 4 is 23.4 Å². The molecule has 0 unspecified atom stereocenters. The third-order valence-corrected chi connectivity index (χ3v) is 5.77. The Labute approximate surface area is 166 Å². The number of hydrogen-bond acceptors (Lipinski definition) is 4. The molecule has 152 valence electrons. The fraction of sp³-hybridized carbons (Fsp3) is 0.571. The number of rotatable bonds is 5. The van der Waals surface area contributed by atoms with Crippen LogP contribution in [0.2, 0.25) is 0 Å². The lowest BCUT2D eigenvalue weighted by molar-refractivity contribution is -0.149. The van der Waals surface area contributed by atoms with E-state index in [1.54, 1.807) is 4.90 Å². The zero-order valence-electron chi connectivity index (χ0n) is 16.8. The topological polar surface area (TPSA) is 73.0 Å². The Hall–Kier alpha value is -2.57. The molecule has 2 atom stereocenters. The summed E-state index contributed by atoms with van der Waals surface area (Å²) in [6.45, 7) is 7.53.